The number of halogens is 1. The molecule has 0 saturated heterocycles. The minimum atomic E-state index is -0.374. The van der Waals surface area contributed by atoms with Crippen molar-refractivity contribution in [3.05, 3.63) is 47.5 Å². The summed E-state index contributed by atoms with van der Waals surface area (Å²) >= 11 is 0. The van der Waals surface area contributed by atoms with Gasteiger partial charge in [0.2, 0.25) is 0 Å². The summed E-state index contributed by atoms with van der Waals surface area (Å²) < 4.78 is 13.3. The molecule has 0 unspecified atom stereocenters. The van der Waals surface area contributed by atoms with E-state index in [0.717, 1.165) is 0 Å². The molecule has 1 aromatic heterocycles. The summed E-state index contributed by atoms with van der Waals surface area (Å²) in [6.07, 6.45) is 1.36. The number of nitrogens with zero attached hydrogens (tertiary/aromatic N) is 3. The van der Waals surface area contributed by atoms with Gasteiger partial charge in [0.05, 0.1) is 6.20 Å². The number of rotatable bonds is 3. The van der Waals surface area contributed by atoms with Gasteiger partial charge in [-0.25, -0.2) is 4.39 Å². The molecule has 1 amide bonds. The van der Waals surface area contributed by atoms with E-state index in [1.54, 1.807) is 25.2 Å². The molecular weight excluding hydrogens is 223 g/mol. The summed E-state index contributed by atoms with van der Waals surface area (Å²) in [4.78, 5) is 12.9. The quantitative estimate of drug-likeness (QED) is 0.857. The SMILES string of the molecule is Cn1ncc(C(=O)NCc2ccccc2F)n1. The predicted octanol–water partition coefficient (Wildman–Crippen LogP) is 0.884. The van der Waals surface area contributed by atoms with Crippen molar-refractivity contribution < 1.29 is 9.18 Å². The van der Waals surface area contributed by atoms with Gasteiger partial charge < -0.3 is 5.32 Å². The first-order chi connectivity index (χ1) is 8.16. The summed E-state index contributed by atoms with van der Waals surface area (Å²) in [5.74, 6) is -0.715. The lowest BCUT2D eigenvalue weighted by atomic mass is 10.2. The summed E-state index contributed by atoms with van der Waals surface area (Å²) in [6, 6.07) is 6.28. The van der Waals surface area contributed by atoms with Crippen LogP contribution in [0.5, 0.6) is 0 Å². The molecule has 0 saturated carbocycles. The molecule has 0 spiro atoms. The Bertz CT molecular complexity index is 538. The van der Waals surface area contributed by atoms with Crippen LogP contribution in [-0.4, -0.2) is 20.9 Å². The monoisotopic (exact) mass is 234 g/mol. The van der Waals surface area contributed by atoms with E-state index in [1.165, 1.54) is 17.1 Å². The highest BCUT2D eigenvalue weighted by atomic mass is 19.1. The number of carbonyl (C=O) groups is 1. The first-order valence-electron chi connectivity index (χ1n) is 5.05. The molecule has 0 bridgehead atoms. The molecule has 2 rings (SSSR count). The van der Waals surface area contributed by atoms with E-state index >= 15 is 0 Å². The van der Waals surface area contributed by atoms with Gasteiger partial charge in [-0.2, -0.15) is 9.90 Å². The molecule has 17 heavy (non-hydrogen) atoms. The number of aromatic nitrogens is 3. The van der Waals surface area contributed by atoms with Crippen LogP contribution in [0.2, 0.25) is 0 Å². The lowest BCUT2D eigenvalue weighted by Crippen LogP contribution is -2.23. The average molecular weight is 234 g/mol. The van der Waals surface area contributed by atoms with Crippen LogP contribution in [0.1, 0.15) is 16.1 Å². The molecule has 1 aromatic carbocycles. The third-order valence-corrected chi connectivity index (χ3v) is 2.23. The molecule has 88 valence electrons. The Morgan fingerprint density at radius 1 is 1.47 bits per heavy atom. The molecule has 0 fully saturated rings. The second-order valence-electron chi connectivity index (χ2n) is 3.49. The van der Waals surface area contributed by atoms with Crippen molar-refractivity contribution >= 4 is 5.91 Å². The van der Waals surface area contributed by atoms with Crippen molar-refractivity contribution in [3.8, 4) is 0 Å². The van der Waals surface area contributed by atoms with Crippen LogP contribution >= 0.6 is 0 Å². The average Bonchev–Trinajstić information content (AvgIpc) is 2.74. The maximum atomic E-state index is 13.3. The van der Waals surface area contributed by atoms with E-state index in [0.29, 0.717) is 5.56 Å². The van der Waals surface area contributed by atoms with Gasteiger partial charge in [-0.3, -0.25) is 4.79 Å². The smallest absolute Gasteiger partial charge is 0.273 e. The summed E-state index contributed by atoms with van der Waals surface area (Å²) in [5.41, 5.74) is 0.647. The van der Waals surface area contributed by atoms with Crippen molar-refractivity contribution in [3.63, 3.8) is 0 Å². The fraction of sp³-hybridized carbons (Fsp3) is 0.182. The first kappa shape index (κ1) is 11.3. The van der Waals surface area contributed by atoms with Crippen LogP contribution in [-0.2, 0) is 13.6 Å². The van der Waals surface area contributed by atoms with Crippen LogP contribution < -0.4 is 5.32 Å². The zero-order chi connectivity index (χ0) is 12.3. The van der Waals surface area contributed by atoms with Crippen molar-refractivity contribution in [1.82, 2.24) is 20.3 Å². The highest BCUT2D eigenvalue weighted by Gasteiger charge is 2.10. The van der Waals surface area contributed by atoms with Crippen LogP contribution in [0.25, 0.3) is 0 Å². The normalized spacial score (nSPS) is 10.2. The zero-order valence-electron chi connectivity index (χ0n) is 9.22. The Kier molecular flexibility index (Phi) is 3.13. The fourth-order valence-electron chi connectivity index (χ4n) is 1.36. The van der Waals surface area contributed by atoms with E-state index in [2.05, 4.69) is 15.5 Å². The van der Waals surface area contributed by atoms with E-state index in [1.807, 2.05) is 0 Å². The van der Waals surface area contributed by atoms with Crippen molar-refractivity contribution in [1.29, 1.82) is 0 Å². The third kappa shape index (κ3) is 2.66. The van der Waals surface area contributed by atoms with E-state index < -0.39 is 0 Å². The summed E-state index contributed by atoms with van der Waals surface area (Å²) in [7, 11) is 1.62. The zero-order valence-corrected chi connectivity index (χ0v) is 9.22. The van der Waals surface area contributed by atoms with Gasteiger partial charge in [0.1, 0.15) is 5.82 Å². The molecule has 0 radical (unpaired) electrons. The van der Waals surface area contributed by atoms with Crippen LogP contribution in [0.4, 0.5) is 4.39 Å². The largest absolute Gasteiger partial charge is 0.346 e. The number of carbonyl (C=O) groups excluding carboxylic acids is 1. The highest BCUT2D eigenvalue weighted by Crippen LogP contribution is 2.05. The lowest BCUT2D eigenvalue weighted by Gasteiger charge is -2.03. The van der Waals surface area contributed by atoms with Crippen molar-refractivity contribution in [2.75, 3.05) is 0 Å². The van der Waals surface area contributed by atoms with Gasteiger partial charge in [-0.05, 0) is 6.07 Å². The van der Waals surface area contributed by atoms with Crippen LogP contribution in [0.3, 0.4) is 0 Å². The van der Waals surface area contributed by atoms with Gasteiger partial charge in [-0.1, -0.05) is 18.2 Å². The number of hydrogen-bond acceptors (Lipinski definition) is 3. The molecule has 0 aliphatic rings. The fourth-order valence-corrected chi connectivity index (χ4v) is 1.36. The summed E-state index contributed by atoms with van der Waals surface area (Å²) in [5, 5.41) is 10.2. The molecule has 1 heterocycles. The summed E-state index contributed by atoms with van der Waals surface area (Å²) in [6.45, 7) is 0.127. The van der Waals surface area contributed by atoms with Gasteiger partial charge in [0.15, 0.2) is 5.69 Å². The van der Waals surface area contributed by atoms with Gasteiger partial charge >= 0.3 is 0 Å². The first-order valence-corrected chi connectivity index (χ1v) is 5.05. The third-order valence-electron chi connectivity index (χ3n) is 2.23. The molecule has 2 aromatic rings. The van der Waals surface area contributed by atoms with E-state index in [-0.39, 0.29) is 24.0 Å². The van der Waals surface area contributed by atoms with E-state index in [4.69, 9.17) is 0 Å². The number of hydrogen-bond donors (Lipinski definition) is 1. The second-order valence-corrected chi connectivity index (χ2v) is 3.49. The molecule has 1 N–H and O–H groups in total. The van der Waals surface area contributed by atoms with E-state index in [9.17, 15) is 9.18 Å². The molecule has 0 aliphatic heterocycles. The molecule has 0 aliphatic carbocycles. The highest BCUT2D eigenvalue weighted by molar-refractivity contribution is 5.91. The number of amides is 1. The maximum Gasteiger partial charge on any atom is 0.273 e. The van der Waals surface area contributed by atoms with Crippen molar-refractivity contribution in [2.24, 2.45) is 7.05 Å². The Balaban J connectivity index is 1.99. The van der Waals surface area contributed by atoms with Crippen molar-refractivity contribution in [2.45, 2.75) is 6.54 Å². The van der Waals surface area contributed by atoms with Gasteiger partial charge in [0.25, 0.3) is 5.91 Å². The Morgan fingerprint density at radius 3 is 2.88 bits per heavy atom. The lowest BCUT2D eigenvalue weighted by molar-refractivity contribution is 0.0945. The minimum Gasteiger partial charge on any atom is -0.346 e. The Labute approximate surface area is 97.3 Å². The second kappa shape index (κ2) is 4.73. The minimum absolute atomic E-state index is 0.127. The van der Waals surface area contributed by atoms with Crippen LogP contribution in [0, 0.1) is 5.82 Å². The van der Waals surface area contributed by atoms with Crippen LogP contribution in [0.15, 0.2) is 30.5 Å². The number of benzene rings is 1. The molecule has 0 atom stereocenters. The number of nitrogens with one attached hydrogen (secondary N) is 1. The Hall–Kier alpha value is -2.24. The molecular formula is C11H11FN4O. The molecule has 5 nitrogen and oxygen atoms in total. The maximum absolute atomic E-state index is 13.3. The topological polar surface area (TPSA) is 59.8 Å². The standard InChI is InChI=1S/C11H11FN4O/c1-16-14-7-10(15-16)11(17)13-6-8-4-2-3-5-9(8)12/h2-5,7H,6H2,1H3,(H,13,17). The molecule has 6 heteroatoms. The predicted molar refractivity (Wildman–Crippen MR) is 58.6 cm³/mol. The van der Waals surface area contributed by atoms with Gasteiger partial charge in [0, 0.05) is 19.2 Å². The van der Waals surface area contributed by atoms with Gasteiger partial charge in [-0.15, -0.1) is 5.10 Å². The Morgan fingerprint density at radius 2 is 2.24 bits per heavy atom. The number of aryl methyl sites for hydroxylation is 1.